The minimum Gasteiger partial charge on any atom is -0.480 e. The maximum atomic E-state index is 13.5. The van der Waals surface area contributed by atoms with E-state index in [0.717, 1.165) is 0 Å². The largest absolute Gasteiger partial charge is 0.480 e. The molecule has 6 nitrogen and oxygen atoms in total. The zero-order valence-electron chi connectivity index (χ0n) is 12.7. The van der Waals surface area contributed by atoms with E-state index in [0.29, 0.717) is 24.4 Å². The highest BCUT2D eigenvalue weighted by atomic mass is 35.5. The highest BCUT2D eigenvalue weighted by Gasteiger charge is 2.34. The molecule has 8 heteroatoms. The van der Waals surface area contributed by atoms with Crippen molar-refractivity contribution in [1.82, 2.24) is 10.2 Å². The van der Waals surface area contributed by atoms with Crippen LogP contribution in [0, 0.1) is 5.82 Å². The summed E-state index contributed by atoms with van der Waals surface area (Å²) >= 11 is 5.76. The molecule has 0 aliphatic heterocycles. The molecule has 1 aromatic rings. The van der Waals surface area contributed by atoms with Crippen molar-refractivity contribution < 1.29 is 19.1 Å². The number of carboxylic acid groups (broad SMARTS) is 1. The fourth-order valence-electron chi connectivity index (χ4n) is 2.61. The average molecular weight is 344 g/mol. The Morgan fingerprint density at radius 1 is 1.43 bits per heavy atom. The van der Waals surface area contributed by atoms with Crippen LogP contribution in [0.5, 0.6) is 0 Å². The molecule has 2 amide bonds. The zero-order valence-corrected chi connectivity index (χ0v) is 13.4. The van der Waals surface area contributed by atoms with Crippen molar-refractivity contribution in [3.63, 3.8) is 0 Å². The van der Waals surface area contributed by atoms with Gasteiger partial charge in [-0.25, -0.2) is 9.18 Å². The van der Waals surface area contributed by atoms with Crippen molar-refractivity contribution >= 4 is 29.3 Å². The first kappa shape index (κ1) is 17.5. The van der Waals surface area contributed by atoms with Crippen LogP contribution in [-0.4, -0.2) is 47.2 Å². The van der Waals surface area contributed by atoms with E-state index in [4.69, 9.17) is 16.7 Å². The smallest absolute Gasteiger partial charge is 0.319 e. The summed E-state index contributed by atoms with van der Waals surface area (Å²) in [5, 5.41) is 14.3. The maximum absolute atomic E-state index is 13.5. The number of nitrogens with one attached hydrogen (secondary N) is 2. The second-order valence-electron chi connectivity index (χ2n) is 5.50. The second kappa shape index (κ2) is 7.61. The Morgan fingerprint density at radius 2 is 2.13 bits per heavy atom. The van der Waals surface area contributed by atoms with Gasteiger partial charge in [-0.1, -0.05) is 18.5 Å². The molecule has 3 N–H and O–H groups in total. The van der Waals surface area contributed by atoms with Crippen molar-refractivity contribution in [2.45, 2.75) is 31.8 Å². The fraction of sp³-hybridized carbons (Fsp3) is 0.467. The summed E-state index contributed by atoms with van der Waals surface area (Å²) < 4.78 is 13.5. The van der Waals surface area contributed by atoms with E-state index in [1.54, 1.807) is 0 Å². The van der Waals surface area contributed by atoms with Crippen molar-refractivity contribution in [3.05, 3.63) is 29.0 Å². The van der Waals surface area contributed by atoms with Crippen LogP contribution in [0.25, 0.3) is 0 Å². The van der Waals surface area contributed by atoms with Crippen LogP contribution in [0.15, 0.2) is 18.2 Å². The normalized spacial score (nSPS) is 20.0. The number of hydrogen-bond acceptors (Lipinski definition) is 3. The third kappa shape index (κ3) is 4.80. The number of anilines is 1. The number of nitrogens with zero attached hydrogens (tertiary/aromatic N) is 1. The molecule has 1 saturated carbocycles. The van der Waals surface area contributed by atoms with Gasteiger partial charge in [0.25, 0.3) is 0 Å². The molecule has 0 radical (unpaired) electrons. The van der Waals surface area contributed by atoms with Crippen LogP contribution in [0.3, 0.4) is 0 Å². The summed E-state index contributed by atoms with van der Waals surface area (Å²) in [6.07, 6.45) is 1.35. The summed E-state index contributed by atoms with van der Waals surface area (Å²) in [6.45, 7) is 2.54. The zero-order chi connectivity index (χ0) is 17.0. The van der Waals surface area contributed by atoms with Gasteiger partial charge in [-0.2, -0.15) is 0 Å². The monoisotopic (exact) mass is 343 g/mol. The molecule has 0 heterocycles. The SMILES string of the molecule is CCN(CC(=O)O)C1CC(NC(=O)Nc2cc(Cl)ccc2F)C1. The van der Waals surface area contributed by atoms with Gasteiger partial charge in [0.2, 0.25) is 0 Å². The molecule has 0 bridgehead atoms. The van der Waals surface area contributed by atoms with Crippen molar-refractivity contribution in [3.8, 4) is 0 Å². The topological polar surface area (TPSA) is 81.7 Å². The lowest BCUT2D eigenvalue weighted by molar-refractivity contribution is -0.139. The number of carbonyl (C=O) groups excluding carboxylic acids is 1. The van der Waals surface area contributed by atoms with E-state index in [2.05, 4.69) is 10.6 Å². The first-order chi connectivity index (χ1) is 10.9. The first-order valence-corrected chi connectivity index (χ1v) is 7.75. The number of likely N-dealkylation sites (N-methyl/N-ethyl adjacent to an activating group) is 1. The molecule has 1 aliphatic rings. The lowest BCUT2D eigenvalue weighted by Crippen LogP contribution is -2.55. The van der Waals surface area contributed by atoms with E-state index >= 15 is 0 Å². The average Bonchev–Trinajstić information content (AvgIpc) is 2.44. The molecule has 1 aliphatic carbocycles. The number of hydrogen-bond donors (Lipinski definition) is 3. The lowest BCUT2D eigenvalue weighted by atomic mass is 9.85. The maximum Gasteiger partial charge on any atom is 0.319 e. The summed E-state index contributed by atoms with van der Waals surface area (Å²) in [7, 11) is 0. The highest BCUT2D eigenvalue weighted by molar-refractivity contribution is 6.30. The molecule has 0 atom stereocenters. The minimum absolute atomic E-state index is 0.00614. The van der Waals surface area contributed by atoms with Crippen molar-refractivity contribution in [2.75, 3.05) is 18.4 Å². The molecule has 1 aromatic carbocycles. The third-order valence-electron chi connectivity index (χ3n) is 3.89. The van der Waals surface area contributed by atoms with Gasteiger partial charge in [0.1, 0.15) is 5.82 Å². The van der Waals surface area contributed by atoms with E-state index in [1.807, 2.05) is 11.8 Å². The van der Waals surface area contributed by atoms with Crippen LogP contribution >= 0.6 is 11.6 Å². The summed E-state index contributed by atoms with van der Waals surface area (Å²) in [4.78, 5) is 24.5. The van der Waals surface area contributed by atoms with Gasteiger partial charge in [-0.15, -0.1) is 0 Å². The molecular weight excluding hydrogens is 325 g/mol. The minimum atomic E-state index is -0.863. The van der Waals surface area contributed by atoms with Crippen LogP contribution < -0.4 is 10.6 Å². The predicted octanol–water partition coefficient (Wildman–Crippen LogP) is 2.54. The number of urea groups is 1. The summed E-state index contributed by atoms with van der Waals surface area (Å²) in [5.74, 6) is -1.42. The van der Waals surface area contributed by atoms with Gasteiger partial charge in [-0.05, 0) is 37.6 Å². The Morgan fingerprint density at radius 3 is 2.74 bits per heavy atom. The molecule has 0 unspecified atom stereocenters. The molecule has 1 fully saturated rings. The number of carboxylic acids is 1. The molecular formula is C15H19ClFN3O3. The second-order valence-corrected chi connectivity index (χ2v) is 5.94. The van der Waals surface area contributed by atoms with Gasteiger partial charge >= 0.3 is 12.0 Å². The van der Waals surface area contributed by atoms with Crippen LogP contribution in [0.1, 0.15) is 19.8 Å². The molecule has 0 aromatic heterocycles. The Balaban J connectivity index is 1.80. The standard InChI is InChI=1S/C15H19ClFN3O3/c1-2-20(8-14(21)22)11-6-10(7-11)18-15(23)19-13-5-9(16)3-4-12(13)17/h3-5,10-11H,2,6-8H2,1H3,(H,21,22)(H2,18,19,23). The number of benzene rings is 1. The van der Waals surface area contributed by atoms with E-state index in [-0.39, 0.29) is 24.3 Å². The van der Waals surface area contributed by atoms with Crippen molar-refractivity contribution in [2.24, 2.45) is 0 Å². The van der Waals surface area contributed by atoms with E-state index in [9.17, 15) is 14.0 Å². The van der Waals surface area contributed by atoms with Gasteiger partial charge < -0.3 is 15.7 Å². The van der Waals surface area contributed by atoms with Crippen molar-refractivity contribution in [1.29, 1.82) is 0 Å². The van der Waals surface area contributed by atoms with E-state index in [1.165, 1.54) is 18.2 Å². The van der Waals surface area contributed by atoms with Crippen LogP contribution in [0.4, 0.5) is 14.9 Å². The number of aliphatic carboxylic acids is 1. The Labute approximate surface area is 138 Å². The quantitative estimate of drug-likeness (QED) is 0.741. The summed E-state index contributed by atoms with van der Waals surface area (Å²) in [5.41, 5.74) is 0.0203. The Kier molecular flexibility index (Phi) is 5.79. The molecule has 2 rings (SSSR count). The Bertz CT molecular complexity index is 593. The molecule has 0 saturated heterocycles. The van der Waals surface area contributed by atoms with Crippen LogP contribution in [-0.2, 0) is 4.79 Å². The Hall–Kier alpha value is -1.86. The van der Waals surface area contributed by atoms with Gasteiger partial charge in [0.15, 0.2) is 0 Å². The third-order valence-corrected chi connectivity index (χ3v) is 4.12. The van der Waals surface area contributed by atoms with Gasteiger partial charge in [0.05, 0.1) is 12.2 Å². The molecule has 23 heavy (non-hydrogen) atoms. The van der Waals surface area contributed by atoms with E-state index < -0.39 is 17.8 Å². The highest BCUT2D eigenvalue weighted by Crippen LogP contribution is 2.26. The van der Waals surface area contributed by atoms with Gasteiger partial charge in [0, 0.05) is 17.1 Å². The number of carbonyl (C=O) groups is 2. The molecule has 126 valence electrons. The number of amides is 2. The first-order valence-electron chi connectivity index (χ1n) is 7.37. The predicted molar refractivity (Wildman–Crippen MR) is 85.3 cm³/mol. The fourth-order valence-corrected chi connectivity index (χ4v) is 2.79. The summed E-state index contributed by atoms with van der Waals surface area (Å²) in [6, 6.07) is 3.51. The van der Waals surface area contributed by atoms with Crippen LogP contribution in [0.2, 0.25) is 5.02 Å². The number of rotatable bonds is 6. The van der Waals surface area contributed by atoms with Gasteiger partial charge in [-0.3, -0.25) is 9.69 Å². The molecule has 0 spiro atoms. The lowest BCUT2D eigenvalue weighted by Gasteiger charge is -2.42. The number of halogens is 2.